The summed E-state index contributed by atoms with van der Waals surface area (Å²) in [6.07, 6.45) is 1.86. The van der Waals surface area contributed by atoms with Gasteiger partial charge in [-0.3, -0.25) is 0 Å². The minimum absolute atomic E-state index is 0.0325. The molecule has 1 unspecified atom stereocenters. The van der Waals surface area contributed by atoms with Crippen LogP contribution in [-0.2, 0) is 10.0 Å². The number of sulfonamides is 1. The van der Waals surface area contributed by atoms with Gasteiger partial charge < -0.3 is 10.1 Å². The van der Waals surface area contributed by atoms with Crippen LogP contribution in [0.15, 0.2) is 29.2 Å². The molecule has 1 fully saturated rings. The average Bonchev–Trinajstić information content (AvgIpc) is 2.39. The molecule has 1 heterocycles. The lowest BCUT2D eigenvalue weighted by molar-refractivity contribution is 0.412. The monoisotopic (exact) mass is 270 g/mol. The summed E-state index contributed by atoms with van der Waals surface area (Å²) in [5.41, 5.74) is 0. The standard InChI is InChI=1S/C12H18N2O3S/c1-17-11-5-2-6-12(8-11)18(15,16)14-10-4-3-7-13-9-10/h2,5-6,8,10,13-14H,3-4,7,9H2,1H3. The molecule has 5 nitrogen and oxygen atoms in total. The van der Waals surface area contributed by atoms with Crippen LogP contribution in [0.4, 0.5) is 0 Å². The second kappa shape index (κ2) is 5.69. The van der Waals surface area contributed by atoms with Gasteiger partial charge in [0.25, 0.3) is 0 Å². The minimum atomic E-state index is -3.46. The van der Waals surface area contributed by atoms with E-state index in [0.717, 1.165) is 19.4 Å². The fraction of sp³-hybridized carbons (Fsp3) is 0.500. The Labute approximate surface area is 108 Å². The lowest BCUT2D eigenvalue weighted by atomic mass is 10.1. The Bertz CT molecular complexity index is 496. The van der Waals surface area contributed by atoms with E-state index in [9.17, 15) is 8.42 Å². The molecule has 0 saturated carbocycles. The number of nitrogens with one attached hydrogen (secondary N) is 2. The summed E-state index contributed by atoms with van der Waals surface area (Å²) >= 11 is 0. The van der Waals surface area contributed by atoms with Crippen LogP contribution in [0, 0.1) is 0 Å². The average molecular weight is 270 g/mol. The van der Waals surface area contributed by atoms with E-state index in [4.69, 9.17) is 4.74 Å². The van der Waals surface area contributed by atoms with Crippen molar-refractivity contribution in [3.63, 3.8) is 0 Å². The van der Waals surface area contributed by atoms with Gasteiger partial charge in [-0.15, -0.1) is 0 Å². The molecule has 1 atom stereocenters. The van der Waals surface area contributed by atoms with Gasteiger partial charge in [0.1, 0.15) is 5.75 Å². The van der Waals surface area contributed by atoms with Gasteiger partial charge >= 0.3 is 0 Å². The maximum absolute atomic E-state index is 12.2. The van der Waals surface area contributed by atoms with Crippen LogP contribution in [0.25, 0.3) is 0 Å². The Morgan fingerprint density at radius 3 is 2.94 bits per heavy atom. The highest BCUT2D eigenvalue weighted by Gasteiger charge is 2.21. The molecule has 18 heavy (non-hydrogen) atoms. The van der Waals surface area contributed by atoms with Gasteiger partial charge in [-0.2, -0.15) is 0 Å². The van der Waals surface area contributed by atoms with Crippen molar-refractivity contribution < 1.29 is 13.2 Å². The summed E-state index contributed by atoms with van der Waals surface area (Å²) < 4.78 is 32.1. The third kappa shape index (κ3) is 3.22. The van der Waals surface area contributed by atoms with E-state index in [1.165, 1.54) is 13.2 Å². The first-order chi connectivity index (χ1) is 8.62. The van der Waals surface area contributed by atoms with Gasteiger partial charge in [0.2, 0.25) is 10.0 Å². The topological polar surface area (TPSA) is 67.4 Å². The molecule has 1 saturated heterocycles. The Hall–Kier alpha value is -1.11. The summed E-state index contributed by atoms with van der Waals surface area (Å²) in [4.78, 5) is 0.243. The second-order valence-corrected chi connectivity index (χ2v) is 6.06. The molecule has 0 radical (unpaired) electrons. The second-order valence-electron chi connectivity index (χ2n) is 4.34. The maximum Gasteiger partial charge on any atom is 0.240 e. The van der Waals surface area contributed by atoms with E-state index in [2.05, 4.69) is 10.0 Å². The van der Waals surface area contributed by atoms with Crippen molar-refractivity contribution in [1.29, 1.82) is 0 Å². The largest absolute Gasteiger partial charge is 0.497 e. The molecule has 100 valence electrons. The van der Waals surface area contributed by atoms with Crippen molar-refractivity contribution in [2.75, 3.05) is 20.2 Å². The van der Waals surface area contributed by atoms with E-state index >= 15 is 0 Å². The lowest BCUT2D eigenvalue weighted by Gasteiger charge is -2.23. The van der Waals surface area contributed by atoms with Gasteiger partial charge in [0, 0.05) is 18.7 Å². The highest BCUT2D eigenvalue weighted by Crippen LogP contribution is 2.17. The van der Waals surface area contributed by atoms with Crippen LogP contribution in [0.5, 0.6) is 5.75 Å². The molecule has 0 spiro atoms. The van der Waals surface area contributed by atoms with Crippen molar-refractivity contribution in [2.45, 2.75) is 23.8 Å². The smallest absolute Gasteiger partial charge is 0.240 e. The van der Waals surface area contributed by atoms with E-state index in [1.54, 1.807) is 18.2 Å². The Balaban J connectivity index is 2.13. The quantitative estimate of drug-likeness (QED) is 0.846. The molecule has 1 aliphatic heterocycles. The van der Waals surface area contributed by atoms with E-state index < -0.39 is 10.0 Å². The first-order valence-electron chi connectivity index (χ1n) is 5.99. The zero-order valence-corrected chi connectivity index (χ0v) is 11.2. The van der Waals surface area contributed by atoms with E-state index in [0.29, 0.717) is 12.3 Å². The molecule has 2 rings (SSSR count). The van der Waals surface area contributed by atoms with E-state index in [1.807, 2.05) is 0 Å². The van der Waals surface area contributed by atoms with Crippen LogP contribution >= 0.6 is 0 Å². The molecule has 1 aromatic carbocycles. The molecule has 2 N–H and O–H groups in total. The van der Waals surface area contributed by atoms with Crippen molar-refractivity contribution in [1.82, 2.24) is 10.0 Å². The van der Waals surface area contributed by atoms with Gasteiger partial charge in [-0.05, 0) is 31.5 Å². The van der Waals surface area contributed by atoms with Crippen LogP contribution < -0.4 is 14.8 Å². The van der Waals surface area contributed by atoms with Gasteiger partial charge in [-0.1, -0.05) is 6.07 Å². The fourth-order valence-corrected chi connectivity index (χ4v) is 3.31. The van der Waals surface area contributed by atoms with E-state index in [-0.39, 0.29) is 10.9 Å². The molecule has 0 bridgehead atoms. The molecule has 0 aromatic heterocycles. The number of methoxy groups -OCH3 is 1. The van der Waals surface area contributed by atoms with Crippen molar-refractivity contribution in [3.05, 3.63) is 24.3 Å². The Morgan fingerprint density at radius 1 is 1.44 bits per heavy atom. The minimum Gasteiger partial charge on any atom is -0.497 e. The summed E-state index contributed by atoms with van der Waals surface area (Å²) in [6.45, 7) is 1.64. The van der Waals surface area contributed by atoms with Gasteiger partial charge in [-0.25, -0.2) is 13.1 Å². The highest BCUT2D eigenvalue weighted by molar-refractivity contribution is 7.89. The van der Waals surface area contributed by atoms with Gasteiger partial charge in [0.15, 0.2) is 0 Å². The number of benzene rings is 1. The molecule has 1 aliphatic rings. The van der Waals surface area contributed by atoms with Crippen molar-refractivity contribution >= 4 is 10.0 Å². The summed E-state index contributed by atoms with van der Waals surface area (Å²) in [5.74, 6) is 0.541. The zero-order chi connectivity index (χ0) is 13.0. The summed E-state index contributed by atoms with van der Waals surface area (Å²) in [7, 11) is -1.94. The van der Waals surface area contributed by atoms with Crippen LogP contribution in [0.1, 0.15) is 12.8 Å². The molecular formula is C12H18N2O3S. The predicted molar refractivity (Wildman–Crippen MR) is 69.2 cm³/mol. The number of hydrogen-bond acceptors (Lipinski definition) is 4. The van der Waals surface area contributed by atoms with Crippen molar-refractivity contribution in [3.8, 4) is 5.75 Å². The fourth-order valence-electron chi connectivity index (χ4n) is 2.01. The number of hydrogen-bond donors (Lipinski definition) is 2. The van der Waals surface area contributed by atoms with Crippen LogP contribution in [0.3, 0.4) is 0 Å². The third-order valence-electron chi connectivity index (χ3n) is 2.97. The predicted octanol–water partition coefficient (Wildman–Crippen LogP) is 0.725. The zero-order valence-electron chi connectivity index (χ0n) is 10.3. The lowest BCUT2D eigenvalue weighted by Crippen LogP contribution is -2.45. The summed E-state index contributed by atoms with van der Waals surface area (Å²) in [5, 5.41) is 3.18. The number of ether oxygens (including phenoxy) is 1. The SMILES string of the molecule is COc1cccc(S(=O)(=O)NC2CCCNC2)c1. The summed E-state index contributed by atoms with van der Waals surface area (Å²) in [6, 6.07) is 6.46. The Morgan fingerprint density at radius 2 is 2.28 bits per heavy atom. The first kappa shape index (κ1) is 13.3. The molecule has 0 amide bonds. The van der Waals surface area contributed by atoms with Crippen LogP contribution in [0.2, 0.25) is 0 Å². The normalized spacial score (nSPS) is 20.6. The number of rotatable bonds is 4. The number of piperidine rings is 1. The molecule has 6 heteroatoms. The highest BCUT2D eigenvalue weighted by atomic mass is 32.2. The first-order valence-corrected chi connectivity index (χ1v) is 7.47. The maximum atomic E-state index is 12.2. The van der Waals surface area contributed by atoms with Gasteiger partial charge in [0.05, 0.1) is 12.0 Å². The third-order valence-corrected chi connectivity index (χ3v) is 4.49. The molecule has 0 aliphatic carbocycles. The van der Waals surface area contributed by atoms with Crippen molar-refractivity contribution in [2.24, 2.45) is 0 Å². The van der Waals surface area contributed by atoms with Crippen LogP contribution in [-0.4, -0.2) is 34.7 Å². The molecule has 1 aromatic rings. The Kier molecular flexibility index (Phi) is 4.21. The molecular weight excluding hydrogens is 252 g/mol.